The molecule has 388 valence electrons. The summed E-state index contributed by atoms with van der Waals surface area (Å²) in [5, 5.41) is 25.6. The van der Waals surface area contributed by atoms with Gasteiger partial charge in [-0.15, -0.1) is 0 Å². The highest BCUT2D eigenvalue weighted by Gasteiger charge is 2.25. The van der Waals surface area contributed by atoms with E-state index in [0.717, 1.165) is 81.9 Å². The Labute approximate surface area is 414 Å². The molecule has 0 aliphatic carbocycles. The van der Waals surface area contributed by atoms with Crippen molar-refractivity contribution >= 4 is 68.9 Å². The van der Waals surface area contributed by atoms with Crippen LogP contribution in [0.4, 0.5) is 0 Å². The van der Waals surface area contributed by atoms with Crippen molar-refractivity contribution in [1.82, 2.24) is 16.0 Å². The van der Waals surface area contributed by atoms with Crippen LogP contribution in [0.5, 0.6) is 5.75 Å². The maximum Gasteiger partial charge on any atom is 0.337 e. The Morgan fingerprint density at radius 2 is 1.17 bits per heavy atom. The molecule has 0 aliphatic rings. The third-order valence-corrected chi connectivity index (χ3v) is 11.7. The van der Waals surface area contributed by atoms with Gasteiger partial charge >= 0.3 is 17.9 Å². The highest BCUT2D eigenvalue weighted by atomic mass is 35.5. The van der Waals surface area contributed by atoms with Crippen LogP contribution >= 0.6 is 23.2 Å². The van der Waals surface area contributed by atoms with Crippen LogP contribution in [0.1, 0.15) is 127 Å². The van der Waals surface area contributed by atoms with Gasteiger partial charge in [-0.2, -0.15) is 8.42 Å². The van der Waals surface area contributed by atoms with E-state index in [0.29, 0.717) is 25.9 Å². The summed E-state index contributed by atoms with van der Waals surface area (Å²) in [4.78, 5) is 70.8. The number of carbonyl (C=O) groups is 6. The van der Waals surface area contributed by atoms with Gasteiger partial charge in [0.25, 0.3) is 10.1 Å². The SMILES string of the molecule is O=C(O)CCCCCCCCCCCCCCC(=O)NC(CCC(=O)NCCOCCOCC(=O)NCCOCCCC(OCC(=O)Oc1c(Cl)cc(Cl)cc1S(=O)(=O)O)c1ccccc1)C(=O)O. The lowest BCUT2D eigenvalue weighted by molar-refractivity contribution is -0.142. The van der Waals surface area contributed by atoms with Crippen molar-refractivity contribution in [2.24, 2.45) is 0 Å². The predicted molar refractivity (Wildman–Crippen MR) is 256 cm³/mol. The lowest BCUT2D eigenvalue weighted by atomic mass is 10.0. The number of hydrogen-bond acceptors (Lipinski definition) is 13. The van der Waals surface area contributed by atoms with Gasteiger partial charge in [0.15, 0.2) is 5.75 Å². The largest absolute Gasteiger partial charge is 0.481 e. The number of benzene rings is 2. The lowest BCUT2D eigenvalue weighted by Crippen LogP contribution is -2.41. The van der Waals surface area contributed by atoms with Gasteiger partial charge in [0, 0.05) is 44.0 Å². The number of aliphatic carboxylic acids is 2. The average molecular weight is 1040 g/mol. The summed E-state index contributed by atoms with van der Waals surface area (Å²) in [5.41, 5.74) is 0.772. The number of hydrogen-bond donors (Lipinski definition) is 6. The summed E-state index contributed by atoms with van der Waals surface area (Å²) in [6.45, 7) is 0.623. The first kappa shape index (κ1) is 60.7. The molecule has 69 heavy (non-hydrogen) atoms. The third kappa shape index (κ3) is 30.1. The monoisotopic (exact) mass is 1030 g/mol. The summed E-state index contributed by atoms with van der Waals surface area (Å²) in [6.07, 6.45) is 12.9. The number of amides is 3. The molecule has 0 saturated carbocycles. The molecule has 0 heterocycles. The lowest BCUT2D eigenvalue weighted by Gasteiger charge is -2.18. The number of nitrogens with one attached hydrogen (secondary N) is 3. The number of carboxylic acids is 2. The number of carboxylic acid groups (broad SMARTS) is 2. The molecule has 0 fully saturated rings. The summed E-state index contributed by atoms with van der Waals surface area (Å²) >= 11 is 11.9. The highest BCUT2D eigenvalue weighted by Crippen LogP contribution is 2.35. The number of carbonyl (C=O) groups excluding carboxylic acids is 4. The van der Waals surface area contributed by atoms with Crippen LogP contribution in [0.25, 0.3) is 0 Å². The topological polar surface area (TPSA) is 279 Å². The fraction of sp³-hybridized carbons (Fsp3) is 0.617. The standard InChI is InChI=1S/C47H69Cl2N3O16S/c48-36-31-37(49)46(40(32-36)69(61,62)63)68-45(58)34-67-39(35-17-12-11-13-18-35)19-16-26-64-27-25-51-43(55)33-66-30-29-65-28-24-50-41(53)23-22-38(47(59)60)52-42(54)20-14-9-7-5-3-1-2-4-6-8-10-15-21-44(56)57/h11-13,17-18,31-32,38-39H,1-10,14-16,19-30,33-34H2,(H,50,53)(H,51,55)(H,52,54)(H,56,57)(H,59,60)(H,61,62,63). The van der Waals surface area contributed by atoms with Gasteiger partial charge in [-0.05, 0) is 49.8 Å². The van der Waals surface area contributed by atoms with Crippen LogP contribution in [0, 0.1) is 0 Å². The summed E-state index contributed by atoms with van der Waals surface area (Å²) in [7, 11) is -4.82. The van der Waals surface area contributed by atoms with E-state index in [1.807, 2.05) is 18.2 Å². The molecule has 0 saturated heterocycles. The zero-order valence-corrected chi connectivity index (χ0v) is 41.4. The molecule has 0 aromatic heterocycles. The van der Waals surface area contributed by atoms with Crippen molar-refractivity contribution in [2.45, 2.75) is 133 Å². The van der Waals surface area contributed by atoms with Crippen molar-refractivity contribution in [2.75, 3.05) is 59.3 Å². The number of esters is 1. The Hall–Kier alpha value is -4.41. The quantitative estimate of drug-likeness (QED) is 0.0172. The van der Waals surface area contributed by atoms with Crippen LogP contribution in [-0.4, -0.2) is 124 Å². The molecular weight excluding hydrogens is 965 g/mol. The Morgan fingerprint density at radius 3 is 1.77 bits per heavy atom. The number of halogens is 2. The molecular formula is C47H69Cl2N3O16S. The molecule has 0 radical (unpaired) electrons. The maximum atomic E-state index is 12.6. The molecule has 6 N–H and O–H groups in total. The van der Waals surface area contributed by atoms with Gasteiger partial charge in [-0.25, -0.2) is 9.59 Å². The average Bonchev–Trinajstić information content (AvgIpc) is 3.29. The molecule has 2 unspecified atom stereocenters. The molecule has 22 heteroatoms. The Kier molecular flexibility index (Phi) is 32.1. The minimum atomic E-state index is -4.82. The van der Waals surface area contributed by atoms with Crippen molar-refractivity contribution in [3.63, 3.8) is 0 Å². The first-order chi connectivity index (χ1) is 33.1. The molecule has 3 amide bonds. The van der Waals surface area contributed by atoms with E-state index in [1.54, 1.807) is 12.1 Å². The second kappa shape index (κ2) is 36.5. The van der Waals surface area contributed by atoms with Crippen molar-refractivity contribution in [3.05, 3.63) is 58.1 Å². The van der Waals surface area contributed by atoms with Crippen molar-refractivity contribution in [1.29, 1.82) is 0 Å². The summed E-state index contributed by atoms with van der Waals surface area (Å²) in [6, 6.07) is 9.95. The molecule has 0 bridgehead atoms. The predicted octanol–water partition coefficient (Wildman–Crippen LogP) is 6.86. The van der Waals surface area contributed by atoms with Crippen LogP contribution in [-0.2, 0) is 57.8 Å². The smallest absolute Gasteiger partial charge is 0.337 e. The van der Waals surface area contributed by atoms with Gasteiger partial charge in [-0.3, -0.25) is 23.7 Å². The van der Waals surface area contributed by atoms with E-state index in [4.69, 9.17) is 52.0 Å². The van der Waals surface area contributed by atoms with E-state index < -0.39 is 57.4 Å². The molecule has 19 nitrogen and oxygen atoms in total. The second-order valence-corrected chi connectivity index (χ2v) is 18.4. The number of rotatable bonds is 41. The third-order valence-electron chi connectivity index (χ3n) is 10.4. The summed E-state index contributed by atoms with van der Waals surface area (Å²) < 4.78 is 60.4. The second-order valence-electron chi connectivity index (χ2n) is 16.1. The van der Waals surface area contributed by atoms with Gasteiger partial charge < -0.3 is 49.8 Å². The zero-order chi connectivity index (χ0) is 50.7. The highest BCUT2D eigenvalue weighted by molar-refractivity contribution is 7.86. The van der Waals surface area contributed by atoms with E-state index in [9.17, 15) is 46.8 Å². The molecule has 2 rings (SSSR count). The van der Waals surface area contributed by atoms with Crippen LogP contribution in [0.3, 0.4) is 0 Å². The molecule has 2 aromatic rings. The van der Waals surface area contributed by atoms with Crippen LogP contribution < -0.4 is 20.7 Å². The van der Waals surface area contributed by atoms with Gasteiger partial charge in [-0.1, -0.05) is 118 Å². The first-order valence-electron chi connectivity index (χ1n) is 23.4. The van der Waals surface area contributed by atoms with E-state index >= 15 is 0 Å². The van der Waals surface area contributed by atoms with Crippen molar-refractivity contribution in [3.8, 4) is 5.75 Å². The van der Waals surface area contributed by atoms with Crippen LogP contribution in [0.2, 0.25) is 10.0 Å². The molecule has 0 spiro atoms. The maximum absolute atomic E-state index is 12.6. The minimum absolute atomic E-state index is 0.0525. The fourth-order valence-electron chi connectivity index (χ4n) is 6.80. The normalized spacial score (nSPS) is 12.2. The molecule has 2 aromatic carbocycles. The minimum Gasteiger partial charge on any atom is -0.481 e. The van der Waals surface area contributed by atoms with Gasteiger partial charge in [0.05, 0.1) is 37.6 Å². The Balaban J connectivity index is 1.48. The Bertz CT molecular complexity index is 1960. The number of unbranched alkanes of at least 4 members (excludes halogenated alkanes) is 11. The van der Waals surface area contributed by atoms with Gasteiger partial charge in [0.1, 0.15) is 24.2 Å². The van der Waals surface area contributed by atoms with Crippen LogP contribution in [0.15, 0.2) is 47.4 Å². The molecule has 0 aliphatic heterocycles. The number of ether oxygens (including phenoxy) is 5. The first-order valence-corrected chi connectivity index (χ1v) is 25.6. The zero-order valence-electron chi connectivity index (χ0n) is 39.1. The summed E-state index contributed by atoms with van der Waals surface area (Å²) in [5.74, 6) is -4.57. The molecule has 2 atom stereocenters. The van der Waals surface area contributed by atoms with Crippen molar-refractivity contribution < 1.29 is 75.6 Å². The van der Waals surface area contributed by atoms with E-state index in [2.05, 4.69) is 16.0 Å². The fourth-order valence-corrected chi connectivity index (χ4v) is 8.12. The van der Waals surface area contributed by atoms with E-state index in [1.165, 1.54) is 6.42 Å². The Morgan fingerprint density at radius 1 is 0.609 bits per heavy atom. The van der Waals surface area contributed by atoms with E-state index in [-0.39, 0.29) is 99.6 Å². The van der Waals surface area contributed by atoms with Gasteiger partial charge in [0.2, 0.25) is 17.7 Å².